The van der Waals surface area contributed by atoms with Gasteiger partial charge in [-0.05, 0) is 83.6 Å². The smallest absolute Gasteiger partial charge is 0.407 e. The number of likely N-dealkylation sites (tertiary alicyclic amines) is 1. The predicted octanol–water partition coefficient (Wildman–Crippen LogP) is 4.87. The zero-order chi connectivity index (χ0) is 32.7. The number of carbonyl (C=O) groups is 2. The van der Waals surface area contributed by atoms with Crippen LogP contribution in [0.5, 0.6) is 5.88 Å². The molecule has 0 aromatic carbocycles. The van der Waals surface area contributed by atoms with Crippen LogP contribution in [0.15, 0.2) is 49.3 Å². The van der Waals surface area contributed by atoms with Crippen LogP contribution in [0.4, 0.5) is 4.79 Å². The van der Waals surface area contributed by atoms with Crippen molar-refractivity contribution in [2.45, 2.75) is 78.1 Å². The number of pyridine rings is 2. The van der Waals surface area contributed by atoms with Gasteiger partial charge in [0.15, 0.2) is 0 Å². The Kier molecular flexibility index (Phi) is 8.06. The zero-order valence-electron chi connectivity index (χ0n) is 27.3. The molecular formula is C34H41N9O4. The number of carbonyl (C=O) groups excluding carboxylic acids is 2. The fourth-order valence-electron chi connectivity index (χ4n) is 6.25. The predicted molar refractivity (Wildman–Crippen MR) is 175 cm³/mol. The molecule has 1 aliphatic carbocycles. The molecule has 2 aliphatic rings. The highest BCUT2D eigenvalue weighted by atomic mass is 16.6. The van der Waals surface area contributed by atoms with Crippen LogP contribution in [0.3, 0.4) is 0 Å². The molecule has 1 saturated heterocycles. The second-order valence-corrected chi connectivity index (χ2v) is 13.7. The maximum Gasteiger partial charge on any atom is 0.407 e. The Morgan fingerprint density at radius 1 is 1.09 bits per heavy atom. The number of amides is 2. The first kappa shape index (κ1) is 30.7. The molecule has 0 spiro atoms. The highest BCUT2D eigenvalue weighted by molar-refractivity contribution is 5.95. The van der Waals surface area contributed by atoms with Crippen molar-refractivity contribution < 1.29 is 19.1 Å². The second kappa shape index (κ2) is 12.3. The van der Waals surface area contributed by atoms with Gasteiger partial charge in [-0.2, -0.15) is 5.10 Å². The quantitative estimate of drug-likeness (QED) is 0.242. The minimum atomic E-state index is -0.460. The molecule has 1 saturated carbocycles. The van der Waals surface area contributed by atoms with Gasteiger partial charge >= 0.3 is 6.09 Å². The number of rotatable bonds is 9. The molecule has 13 heteroatoms. The number of nitrogens with one attached hydrogen (secondary N) is 1. The number of aryl methyl sites for hydroxylation is 1. The van der Waals surface area contributed by atoms with Gasteiger partial charge in [-0.15, -0.1) is 10.2 Å². The Labute approximate surface area is 272 Å². The van der Waals surface area contributed by atoms with E-state index in [1.54, 1.807) is 34.5 Å². The van der Waals surface area contributed by atoms with E-state index in [-0.39, 0.29) is 12.0 Å². The SMILES string of the molecule is Cc1c(-c2cc3ccnc(OCCn4cnnc4)c3n2CC2CC2)nn2cc(C(=O)N3CCC[C@@H](OC(=O)NC(C)(C)C)C3)ccc12. The highest BCUT2D eigenvalue weighted by Crippen LogP contribution is 2.39. The average molecular weight is 640 g/mol. The molecule has 0 bridgehead atoms. The van der Waals surface area contributed by atoms with Crippen molar-refractivity contribution >= 4 is 28.4 Å². The lowest BCUT2D eigenvalue weighted by atomic mass is 10.1. The van der Waals surface area contributed by atoms with E-state index >= 15 is 0 Å². The molecule has 1 aliphatic heterocycles. The van der Waals surface area contributed by atoms with Crippen molar-refractivity contribution in [2.24, 2.45) is 5.92 Å². The number of hydrogen-bond acceptors (Lipinski definition) is 8. The fraction of sp³-hybridized carbons (Fsp3) is 0.471. The largest absolute Gasteiger partial charge is 0.474 e. The molecule has 0 unspecified atom stereocenters. The molecule has 246 valence electrons. The number of hydrogen-bond donors (Lipinski definition) is 1. The van der Waals surface area contributed by atoms with Gasteiger partial charge < -0.3 is 28.8 Å². The van der Waals surface area contributed by atoms with Crippen LogP contribution in [0.1, 0.15) is 62.4 Å². The van der Waals surface area contributed by atoms with Crippen LogP contribution in [0.2, 0.25) is 0 Å². The Balaban J connectivity index is 1.15. The van der Waals surface area contributed by atoms with Gasteiger partial charge in [0, 0.05) is 42.0 Å². The molecule has 7 rings (SSSR count). The van der Waals surface area contributed by atoms with Crippen molar-refractivity contribution in [1.29, 1.82) is 0 Å². The Morgan fingerprint density at radius 3 is 2.66 bits per heavy atom. The average Bonchev–Trinajstić information content (AvgIpc) is 3.40. The lowest BCUT2D eigenvalue weighted by Gasteiger charge is -2.33. The summed E-state index contributed by atoms with van der Waals surface area (Å²) in [4.78, 5) is 32.4. The molecule has 5 aromatic rings. The Morgan fingerprint density at radius 2 is 1.89 bits per heavy atom. The first-order chi connectivity index (χ1) is 22.6. The van der Waals surface area contributed by atoms with Crippen molar-refractivity contribution in [3.8, 4) is 17.3 Å². The summed E-state index contributed by atoms with van der Waals surface area (Å²) in [6.07, 6.45) is 10.00. The minimum absolute atomic E-state index is 0.103. The standard InChI is InChI=1S/C34H41N9O4/c1-22-27-10-9-25(32(44)41-13-5-6-26(19-41)47-33(45)38-34(2,3)4)18-43(27)39-29(22)28-16-24-11-12-35-31(30(24)42(28)17-23-7-8-23)46-15-14-40-20-36-37-21-40/h9-12,16,18,20-21,23,26H,5-8,13-15,17,19H2,1-4H3,(H,38,45)/t26-/m1/s1. The van der Waals surface area contributed by atoms with Crippen molar-refractivity contribution in [2.75, 3.05) is 19.7 Å². The van der Waals surface area contributed by atoms with E-state index in [1.165, 1.54) is 12.8 Å². The van der Waals surface area contributed by atoms with Gasteiger partial charge in [-0.25, -0.2) is 14.3 Å². The zero-order valence-corrected chi connectivity index (χ0v) is 27.3. The summed E-state index contributed by atoms with van der Waals surface area (Å²) in [5.41, 5.74) is 4.93. The van der Waals surface area contributed by atoms with Gasteiger partial charge in [0.1, 0.15) is 36.6 Å². The molecular weight excluding hydrogens is 598 g/mol. The molecule has 2 amide bonds. The van der Waals surface area contributed by atoms with E-state index in [2.05, 4.69) is 38.1 Å². The summed E-state index contributed by atoms with van der Waals surface area (Å²) < 4.78 is 17.9. The summed E-state index contributed by atoms with van der Waals surface area (Å²) in [7, 11) is 0. The third-order valence-corrected chi connectivity index (χ3v) is 8.75. The maximum atomic E-state index is 13.7. The van der Waals surface area contributed by atoms with Crippen LogP contribution in [0, 0.1) is 12.8 Å². The number of nitrogens with zero attached hydrogens (tertiary/aromatic N) is 8. The molecule has 1 N–H and O–H groups in total. The number of alkyl carbamates (subject to hydrolysis) is 1. The first-order valence-electron chi connectivity index (χ1n) is 16.3. The molecule has 1 atom stereocenters. The van der Waals surface area contributed by atoms with Gasteiger partial charge in [0.25, 0.3) is 5.91 Å². The summed E-state index contributed by atoms with van der Waals surface area (Å²) in [5.74, 6) is 1.10. The van der Waals surface area contributed by atoms with Gasteiger partial charge in [0.2, 0.25) is 5.88 Å². The second-order valence-electron chi connectivity index (χ2n) is 13.7. The third-order valence-electron chi connectivity index (χ3n) is 8.75. The fourth-order valence-corrected chi connectivity index (χ4v) is 6.25. The van der Waals surface area contributed by atoms with Gasteiger partial charge in [-0.3, -0.25) is 4.79 Å². The third kappa shape index (κ3) is 6.65. The molecule has 47 heavy (non-hydrogen) atoms. The van der Waals surface area contributed by atoms with Crippen molar-refractivity contribution in [3.63, 3.8) is 0 Å². The minimum Gasteiger partial charge on any atom is -0.474 e. The van der Waals surface area contributed by atoms with Crippen LogP contribution < -0.4 is 10.1 Å². The molecule has 2 fully saturated rings. The topological polar surface area (TPSA) is 134 Å². The first-order valence-corrected chi connectivity index (χ1v) is 16.3. The van der Waals surface area contributed by atoms with E-state index in [0.29, 0.717) is 43.6 Å². The Bertz CT molecular complexity index is 1920. The lowest BCUT2D eigenvalue weighted by molar-refractivity contribution is 0.0322. The number of piperidine rings is 1. The number of aromatic nitrogens is 7. The number of ether oxygens (including phenoxy) is 2. The highest BCUT2D eigenvalue weighted by Gasteiger charge is 2.30. The summed E-state index contributed by atoms with van der Waals surface area (Å²) in [5, 5.41) is 16.6. The van der Waals surface area contributed by atoms with E-state index in [4.69, 9.17) is 14.6 Å². The molecule has 6 heterocycles. The van der Waals surface area contributed by atoms with Crippen molar-refractivity contribution in [3.05, 3.63) is 60.4 Å². The monoisotopic (exact) mass is 639 g/mol. The van der Waals surface area contributed by atoms with E-state index in [0.717, 1.165) is 52.8 Å². The van der Waals surface area contributed by atoms with Crippen LogP contribution >= 0.6 is 0 Å². The lowest BCUT2D eigenvalue weighted by Crippen LogP contribution is -2.47. The van der Waals surface area contributed by atoms with Gasteiger partial charge in [-0.1, -0.05) is 0 Å². The van der Waals surface area contributed by atoms with Gasteiger partial charge in [0.05, 0.1) is 29.9 Å². The summed E-state index contributed by atoms with van der Waals surface area (Å²) >= 11 is 0. The van der Waals surface area contributed by atoms with Crippen LogP contribution in [0.25, 0.3) is 27.8 Å². The molecule has 5 aromatic heterocycles. The number of fused-ring (bicyclic) bond motifs is 2. The molecule has 13 nitrogen and oxygen atoms in total. The van der Waals surface area contributed by atoms with Crippen molar-refractivity contribution in [1.82, 2.24) is 44.1 Å². The van der Waals surface area contributed by atoms with Crippen LogP contribution in [-0.2, 0) is 17.8 Å². The normalized spacial score (nSPS) is 16.9. The molecule has 0 radical (unpaired) electrons. The van der Waals surface area contributed by atoms with Crippen LogP contribution in [-0.4, -0.2) is 82.2 Å². The van der Waals surface area contributed by atoms with E-state index < -0.39 is 11.6 Å². The Hall–Kier alpha value is -4.94. The van der Waals surface area contributed by atoms with E-state index in [1.807, 2.05) is 43.5 Å². The maximum absolute atomic E-state index is 13.7. The summed E-state index contributed by atoms with van der Waals surface area (Å²) in [6, 6.07) is 8.00. The summed E-state index contributed by atoms with van der Waals surface area (Å²) in [6.45, 7) is 10.7. The van der Waals surface area contributed by atoms with E-state index in [9.17, 15) is 9.59 Å².